The Morgan fingerprint density at radius 3 is 3.00 bits per heavy atom. The highest BCUT2D eigenvalue weighted by molar-refractivity contribution is 7.99. The zero-order chi connectivity index (χ0) is 9.10. The Bertz CT molecular complexity index is 162. The van der Waals surface area contributed by atoms with Gasteiger partial charge in [-0.1, -0.05) is 0 Å². The molecular formula is C10H21ClN2S. The molecule has 0 aromatic rings. The molecule has 1 N–H and O–H groups in total. The highest BCUT2D eigenvalue weighted by atomic mass is 35.5. The Morgan fingerprint density at radius 1 is 1.50 bits per heavy atom. The van der Waals surface area contributed by atoms with Crippen molar-refractivity contribution in [2.24, 2.45) is 5.92 Å². The zero-order valence-electron chi connectivity index (χ0n) is 8.87. The van der Waals surface area contributed by atoms with Crippen molar-refractivity contribution in [1.29, 1.82) is 0 Å². The normalized spacial score (nSPS) is 34.1. The molecular weight excluding hydrogens is 216 g/mol. The van der Waals surface area contributed by atoms with Gasteiger partial charge in [0, 0.05) is 32.2 Å². The van der Waals surface area contributed by atoms with Gasteiger partial charge in [-0.3, -0.25) is 4.90 Å². The van der Waals surface area contributed by atoms with E-state index in [1.165, 1.54) is 44.1 Å². The second-order valence-corrected chi connectivity index (χ2v) is 5.43. The maximum Gasteiger partial charge on any atom is 0.0193 e. The smallest absolute Gasteiger partial charge is 0.0193 e. The molecule has 2 saturated heterocycles. The van der Waals surface area contributed by atoms with Gasteiger partial charge in [0.2, 0.25) is 0 Å². The first-order valence-electron chi connectivity index (χ1n) is 5.39. The van der Waals surface area contributed by atoms with Crippen LogP contribution in [0.4, 0.5) is 0 Å². The second-order valence-electron chi connectivity index (χ2n) is 4.28. The molecule has 0 aromatic heterocycles. The number of nitrogens with zero attached hydrogens (tertiary/aromatic N) is 1. The van der Waals surface area contributed by atoms with Crippen molar-refractivity contribution in [1.82, 2.24) is 10.2 Å². The predicted octanol–water partition coefficient (Wildman–Crippen LogP) is 1.46. The molecule has 84 valence electrons. The van der Waals surface area contributed by atoms with Crippen LogP contribution in [0.3, 0.4) is 0 Å². The third kappa shape index (κ3) is 3.30. The monoisotopic (exact) mass is 236 g/mol. The van der Waals surface area contributed by atoms with Gasteiger partial charge in [-0.05, 0) is 30.8 Å². The molecule has 0 aromatic carbocycles. The number of rotatable bonds is 2. The Morgan fingerprint density at radius 2 is 2.36 bits per heavy atom. The summed E-state index contributed by atoms with van der Waals surface area (Å²) in [6.45, 7) is 7.30. The van der Waals surface area contributed by atoms with Gasteiger partial charge in [0.25, 0.3) is 0 Å². The molecule has 2 aliphatic heterocycles. The number of nitrogens with one attached hydrogen (secondary N) is 1. The van der Waals surface area contributed by atoms with Gasteiger partial charge in [0.05, 0.1) is 0 Å². The summed E-state index contributed by atoms with van der Waals surface area (Å²) in [6, 6.07) is 0.749. The summed E-state index contributed by atoms with van der Waals surface area (Å²) >= 11 is 2.13. The van der Waals surface area contributed by atoms with Gasteiger partial charge in [-0.15, -0.1) is 12.4 Å². The van der Waals surface area contributed by atoms with Gasteiger partial charge < -0.3 is 5.32 Å². The standard InChI is InChI=1S/C10H20N2S.ClH/c1-9-6-11-3-4-12(9)7-10-2-5-13-8-10;/h9-11H,2-8H2,1H3;1H/t9-,10?;/m0./s1. The summed E-state index contributed by atoms with van der Waals surface area (Å²) in [4.78, 5) is 2.66. The van der Waals surface area contributed by atoms with E-state index in [2.05, 4.69) is 28.9 Å². The van der Waals surface area contributed by atoms with E-state index in [1.54, 1.807) is 0 Å². The predicted molar refractivity (Wildman–Crippen MR) is 66.6 cm³/mol. The average Bonchev–Trinajstić information content (AvgIpc) is 2.61. The molecule has 0 radical (unpaired) electrons. The lowest BCUT2D eigenvalue weighted by atomic mass is 10.1. The summed E-state index contributed by atoms with van der Waals surface area (Å²) in [5.41, 5.74) is 0. The lowest BCUT2D eigenvalue weighted by Gasteiger charge is -2.35. The van der Waals surface area contributed by atoms with E-state index in [0.717, 1.165) is 12.0 Å². The van der Waals surface area contributed by atoms with Gasteiger partial charge in [0.1, 0.15) is 0 Å². The Hall–Kier alpha value is 0.560. The topological polar surface area (TPSA) is 15.3 Å². The number of thioether (sulfide) groups is 1. The molecule has 2 rings (SSSR count). The zero-order valence-corrected chi connectivity index (χ0v) is 10.5. The molecule has 2 fully saturated rings. The van der Waals surface area contributed by atoms with Crippen LogP contribution in [0.5, 0.6) is 0 Å². The quantitative estimate of drug-likeness (QED) is 0.782. The molecule has 14 heavy (non-hydrogen) atoms. The SMILES string of the molecule is C[C@H]1CNCCN1CC1CCSC1.Cl. The maximum absolute atomic E-state index is 3.44. The van der Waals surface area contributed by atoms with E-state index >= 15 is 0 Å². The molecule has 2 heterocycles. The van der Waals surface area contributed by atoms with Crippen molar-refractivity contribution in [2.75, 3.05) is 37.7 Å². The maximum atomic E-state index is 3.44. The molecule has 2 atom stereocenters. The molecule has 1 unspecified atom stereocenters. The highest BCUT2D eigenvalue weighted by Gasteiger charge is 2.23. The third-order valence-electron chi connectivity index (χ3n) is 3.16. The van der Waals surface area contributed by atoms with Gasteiger partial charge in [0.15, 0.2) is 0 Å². The summed E-state index contributed by atoms with van der Waals surface area (Å²) in [7, 11) is 0. The van der Waals surface area contributed by atoms with E-state index in [9.17, 15) is 0 Å². The van der Waals surface area contributed by atoms with Gasteiger partial charge in [-0.2, -0.15) is 11.8 Å². The van der Waals surface area contributed by atoms with Crippen molar-refractivity contribution in [2.45, 2.75) is 19.4 Å². The van der Waals surface area contributed by atoms with Crippen LogP contribution in [0, 0.1) is 5.92 Å². The molecule has 0 bridgehead atoms. The minimum atomic E-state index is 0. The second kappa shape index (κ2) is 6.21. The Kier molecular flexibility index (Phi) is 5.60. The van der Waals surface area contributed by atoms with Crippen LogP contribution >= 0.6 is 24.2 Å². The van der Waals surface area contributed by atoms with Crippen molar-refractivity contribution < 1.29 is 0 Å². The molecule has 4 heteroatoms. The van der Waals surface area contributed by atoms with E-state index in [4.69, 9.17) is 0 Å². The van der Waals surface area contributed by atoms with E-state index in [0.29, 0.717) is 0 Å². The number of halogens is 1. The van der Waals surface area contributed by atoms with Crippen LogP contribution in [0.25, 0.3) is 0 Å². The molecule has 0 spiro atoms. The Balaban J connectivity index is 0.000000980. The lowest BCUT2D eigenvalue weighted by molar-refractivity contribution is 0.153. The molecule has 0 saturated carbocycles. The molecule has 0 amide bonds. The molecule has 0 aliphatic carbocycles. The van der Waals surface area contributed by atoms with Crippen LogP contribution in [0.1, 0.15) is 13.3 Å². The van der Waals surface area contributed by atoms with Crippen LogP contribution in [0.15, 0.2) is 0 Å². The van der Waals surface area contributed by atoms with Crippen molar-refractivity contribution in [3.05, 3.63) is 0 Å². The minimum absolute atomic E-state index is 0. The van der Waals surface area contributed by atoms with Gasteiger partial charge >= 0.3 is 0 Å². The van der Waals surface area contributed by atoms with E-state index in [1.807, 2.05) is 0 Å². The highest BCUT2D eigenvalue weighted by Crippen LogP contribution is 2.24. The molecule has 2 nitrogen and oxygen atoms in total. The van der Waals surface area contributed by atoms with E-state index < -0.39 is 0 Å². The first-order chi connectivity index (χ1) is 6.36. The average molecular weight is 237 g/mol. The fourth-order valence-electron chi connectivity index (χ4n) is 2.21. The summed E-state index contributed by atoms with van der Waals surface area (Å²) < 4.78 is 0. The van der Waals surface area contributed by atoms with Crippen LogP contribution in [0.2, 0.25) is 0 Å². The third-order valence-corrected chi connectivity index (χ3v) is 4.39. The van der Waals surface area contributed by atoms with Crippen LogP contribution in [-0.4, -0.2) is 48.6 Å². The molecule has 2 aliphatic rings. The first-order valence-corrected chi connectivity index (χ1v) is 6.54. The fourth-order valence-corrected chi connectivity index (χ4v) is 3.49. The minimum Gasteiger partial charge on any atom is -0.314 e. The van der Waals surface area contributed by atoms with Crippen LogP contribution < -0.4 is 5.32 Å². The van der Waals surface area contributed by atoms with Crippen LogP contribution in [-0.2, 0) is 0 Å². The fraction of sp³-hybridized carbons (Fsp3) is 1.00. The van der Waals surface area contributed by atoms with Gasteiger partial charge in [-0.25, -0.2) is 0 Å². The van der Waals surface area contributed by atoms with E-state index in [-0.39, 0.29) is 12.4 Å². The Labute approximate surface area is 97.6 Å². The summed E-state index contributed by atoms with van der Waals surface area (Å²) in [6.07, 6.45) is 1.45. The van der Waals surface area contributed by atoms with Crippen molar-refractivity contribution >= 4 is 24.2 Å². The number of hydrogen-bond acceptors (Lipinski definition) is 3. The van der Waals surface area contributed by atoms with Crippen molar-refractivity contribution in [3.8, 4) is 0 Å². The van der Waals surface area contributed by atoms with Crippen molar-refractivity contribution in [3.63, 3.8) is 0 Å². The first kappa shape index (κ1) is 12.6. The number of hydrogen-bond donors (Lipinski definition) is 1. The number of piperazine rings is 1. The summed E-state index contributed by atoms with van der Waals surface area (Å²) in [5.74, 6) is 3.77. The summed E-state index contributed by atoms with van der Waals surface area (Å²) in [5, 5.41) is 3.44. The largest absolute Gasteiger partial charge is 0.314 e. The lowest BCUT2D eigenvalue weighted by Crippen LogP contribution is -2.51.